The number of hydrogen-bond acceptors (Lipinski definition) is 5. The van der Waals surface area contributed by atoms with E-state index in [-0.39, 0.29) is 11.7 Å². The molecule has 1 heterocycles. The minimum Gasteiger partial charge on any atom is -0.495 e. The summed E-state index contributed by atoms with van der Waals surface area (Å²) in [6.45, 7) is 1.83. The third-order valence-corrected chi connectivity index (χ3v) is 3.14. The monoisotopic (exact) mass is 257 g/mol. The molecule has 0 aliphatic rings. The lowest BCUT2D eigenvalue weighted by molar-refractivity contribution is 0.0947. The molecule has 94 valence electrons. The van der Waals surface area contributed by atoms with Gasteiger partial charge in [0.25, 0.3) is 5.91 Å². The Hall–Kier alpha value is -1.76. The van der Waals surface area contributed by atoms with Gasteiger partial charge in [0.15, 0.2) is 5.84 Å². The average molecular weight is 257 g/mol. The second-order valence-electron chi connectivity index (χ2n) is 3.28. The van der Waals surface area contributed by atoms with Crippen molar-refractivity contribution in [3.8, 4) is 5.75 Å². The van der Waals surface area contributed by atoms with Gasteiger partial charge in [-0.05, 0) is 17.9 Å². The first kappa shape index (κ1) is 13.3. The van der Waals surface area contributed by atoms with Crippen LogP contribution in [0.15, 0.2) is 16.6 Å². The normalized spacial score (nSPS) is 13.2. The number of nitrogens with zero attached hydrogens (tertiary/aromatic N) is 1. The van der Waals surface area contributed by atoms with E-state index in [1.165, 1.54) is 18.4 Å². The van der Waals surface area contributed by atoms with E-state index in [0.717, 1.165) is 0 Å². The van der Waals surface area contributed by atoms with Gasteiger partial charge in [0, 0.05) is 0 Å². The molecule has 0 aromatic carbocycles. The highest BCUT2D eigenvalue weighted by atomic mass is 32.1. The van der Waals surface area contributed by atoms with Gasteiger partial charge in [-0.3, -0.25) is 4.79 Å². The smallest absolute Gasteiger partial charge is 0.265 e. The average Bonchev–Trinajstić information content (AvgIpc) is 2.82. The number of amides is 1. The zero-order chi connectivity index (χ0) is 12.8. The van der Waals surface area contributed by atoms with Crippen molar-refractivity contribution in [2.75, 3.05) is 7.11 Å². The molecule has 1 rings (SSSR count). The van der Waals surface area contributed by atoms with Crippen LogP contribution in [-0.2, 0) is 0 Å². The zero-order valence-corrected chi connectivity index (χ0v) is 10.5. The Morgan fingerprint density at radius 1 is 1.76 bits per heavy atom. The Morgan fingerprint density at radius 3 is 3.00 bits per heavy atom. The van der Waals surface area contributed by atoms with Crippen molar-refractivity contribution in [3.63, 3.8) is 0 Å². The predicted octanol–water partition coefficient (Wildman–Crippen LogP) is 1.01. The van der Waals surface area contributed by atoms with E-state index in [1.807, 2.05) is 6.92 Å². The zero-order valence-electron chi connectivity index (χ0n) is 9.64. The molecule has 0 saturated heterocycles. The van der Waals surface area contributed by atoms with Crippen LogP contribution in [0.1, 0.15) is 23.0 Å². The molecule has 1 atom stereocenters. The molecule has 17 heavy (non-hydrogen) atoms. The molecule has 0 aliphatic heterocycles. The summed E-state index contributed by atoms with van der Waals surface area (Å²) in [6, 6.07) is 1.23. The number of hydrogen-bond donors (Lipinski definition) is 3. The Morgan fingerprint density at radius 2 is 2.47 bits per heavy atom. The lowest BCUT2D eigenvalue weighted by Gasteiger charge is -2.14. The van der Waals surface area contributed by atoms with Crippen molar-refractivity contribution in [1.82, 2.24) is 5.32 Å². The van der Waals surface area contributed by atoms with Gasteiger partial charge in [-0.2, -0.15) is 0 Å². The van der Waals surface area contributed by atoms with Crippen LogP contribution in [-0.4, -0.2) is 30.1 Å². The maximum atomic E-state index is 11.9. The lowest BCUT2D eigenvalue weighted by Crippen LogP contribution is -2.44. The second kappa shape index (κ2) is 6.09. The topological polar surface area (TPSA) is 96.9 Å². The molecule has 0 aliphatic carbocycles. The molecule has 1 aromatic heterocycles. The molecule has 0 bridgehead atoms. The summed E-state index contributed by atoms with van der Waals surface area (Å²) in [7, 11) is 1.50. The first-order chi connectivity index (χ1) is 8.13. The lowest BCUT2D eigenvalue weighted by atomic mass is 10.2. The molecule has 1 unspecified atom stereocenters. The van der Waals surface area contributed by atoms with Crippen LogP contribution in [0.3, 0.4) is 0 Å². The maximum absolute atomic E-state index is 11.9. The third kappa shape index (κ3) is 3.10. The van der Waals surface area contributed by atoms with E-state index in [1.54, 1.807) is 11.4 Å². The minimum absolute atomic E-state index is 0.0172. The molecule has 6 nitrogen and oxygen atoms in total. The van der Waals surface area contributed by atoms with Crippen molar-refractivity contribution in [2.45, 2.75) is 19.4 Å². The summed E-state index contributed by atoms with van der Waals surface area (Å²) in [5, 5.41) is 15.9. The highest BCUT2D eigenvalue weighted by Crippen LogP contribution is 2.24. The molecular weight excluding hydrogens is 242 g/mol. The summed E-state index contributed by atoms with van der Waals surface area (Å²) in [6.07, 6.45) is 0.537. The number of amidine groups is 1. The van der Waals surface area contributed by atoms with E-state index in [4.69, 9.17) is 15.7 Å². The molecule has 4 N–H and O–H groups in total. The minimum atomic E-state index is -0.487. The highest BCUT2D eigenvalue weighted by molar-refractivity contribution is 7.12. The van der Waals surface area contributed by atoms with Gasteiger partial charge >= 0.3 is 0 Å². The Labute approximate surface area is 103 Å². The number of nitrogens with one attached hydrogen (secondary N) is 1. The molecular formula is C10H15N3O3S. The van der Waals surface area contributed by atoms with Gasteiger partial charge in [0.1, 0.15) is 10.6 Å². The van der Waals surface area contributed by atoms with Crippen LogP contribution >= 0.6 is 11.3 Å². The quantitative estimate of drug-likeness (QED) is 0.317. The van der Waals surface area contributed by atoms with Crippen LogP contribution in [0, 0.1) is 0 Å². The van der Waals surface area contributed by atoms with E-state index < -0.39 is 6.04 Å². The van der Waals surface area contributed by atoms with Crippen molar-refractivity contribution in [2.24, 2.45) is 10.9 Å². The molecule has 0 radical (unpaired) electrons. The number of nitrogens with two attached hydrogens (primary N) is 1. The van der Waals surface area contributed by atoms with Crippen molar-refractivity contribution in [3.05, 3.63) is 16.3 Å². The van der Waals surface area contributed by atoms with Crippen LogP contribution in [0.2, 0.25) is 0 Å². The van der Waals surface area contributed by atoms with Crippen molar-refractivity contribution < 1.29 is 14.7 Å². The molecule has 0 fully saturated rings. The van der Waals surface area contributed by atoms with Gasteiger partial charge in [-0.15, -0.1) is 11.3 Å². The van der Waals surface area contributed by atoms with Crippen LogP contribution in [0.25, 0.3) is 0 Å². The fourth-order valence-corrected chi connectivity index (χ4v) is 2.06. The molecule has 7 heteroatoms. The molecule has 0 spiro atoms. The van der Waals surface area contributed by atoms with Gasteiger partial charge in [0.2, 0.25) is 0 Å². The number of carbonyl (C=O) groups is 1. The Balaban J connectivity index is 2.78. The maximum Gasteiger partial charge on any atom is 0.265 e. The van der Waals surface area contributed by atoms with Gasteiger partial charge in [-0.1, -0.05) is 12.1 Å². The molecule has 0 saturated carbocycles. The standard InChI is InChI=1S/C10H15N3O3S/c1-3-6(9(11)13-15)12-10(14)8-7(16-2)4-5-17-8/h4-6,15H,3H2,1-2H3,(H2,11,13)(H,12,14). The van der Waals surface area contributed by atoms with Crippen LogP contribution < -0.4 is 15.8 Å². The van der Waals surface area contributed by atoms with E-state index >= 15 is 0 Å². The summed E-state index contributed by atoms with van der Waals surface area (Å²) in [5.74, 6) is 0.202. The fraction of sp³-hybridized carbons (Fsp3) is 0.400. The summed E-state index contributed by atoms with van der Waals surface area (Å²) in [5.41, 5.74) is 5.46. The number of ether oxygens (including phenoxy) is 1. The largest absolute Gasteiger partial charge is 0.495 e. The SMILES string of the molecule is CCC(NC(=O)c1sccc1OC)/C(N)=N/O. The van der Waals surface area contributed by atoms with Crippen LogP contribution in [0.5, 0.6) is 5.75 Å². The van der Waals surface area contributed by atoms with Gasteiger partial charge in [-0.25, -0.2) is 0 Å². The van der Waals surface area contributed by atoms with Crippen molar-refractivity contribution >= 4 is 23.1 Å². The predicted molar refractivity (Wildman–Crippen MR) is 65.8 cm³/mol. The number of methoxy groups -OCH3 is 1. The summed E-state index contributed by atoms with van der Waals surface area (Å²) >= 11 is 1.27. The van der Waals surface area contributed by atoms with Gasteiger partial charge < -0.3 is 21.0 Å². The Bertz CT molecular complexity index is 417. The highest BCUT2D eigenvalue weighted by Gasteiger charge is 2.19. The van der Waals surface area contributed by atoms with Gasteiger partial charge in [0.05, 0.1) is 13.2 Å². The summed E-state index contributed by atoms with van der Waals surface area (Å²) < 4.78 is 5.05. The first-order valence-electron chi connectivity index (χ1n) is 5.03. The third-order valence-electron chi connectivity index (χ3n) is 2.24. The fourth-order valence-electron chi connectivity index (χ4n) is 1.30. The number of rotatable bonds is 5. The van der Waals surface area contributed by atoms with Crippen molar-refractivity contribution in [1.29, 1.82) is 0 Å². The molecule has 1 amide bonds. The van der Waals surface area contributed by atoms with Crippen LogP contribution in [0.4, 0.5) is 0 Å². The summed E-state index contributed by atoms with van der Waals surface area (Å²) in [4.78, 5) is 12.4. The Kier molecular flexibility index (Phi) is 4.77. The molecule has 1 aromatic rings. The van der Waals surface area contributed by atoms with E-state index in [2.05, 4.69) is 10.5 Å². The first-order valence-corrected chi connectivity index (χ1v) is 5.91. The van der Waals surface area contributed by atoms with E-state index in [0.29, 0.717) is 17.0 Å². The number of carbonyl (C=O) groups excluding carboxylic acids is 1. The van der Waals surface area contributed by atoms with E-state index in [9.17, 15) is 4.79 Å². The second-order valence-corrected chi connectivity index (χ2v) is 4.19. The number of oxime groups is 1. The number of thiophene rings is 1.